The summed E-state index contributed by atoms with van der Waals surface area (Å²) in [7, 11) is 0. The van der Waals surface area contributed by atoms with E-state index in [0.717, 1.165) is 0 Å². The van der Waals surface area contributed by atoms with Crippen LogP contribution in [-0.2, 0) is 14.2 Å². The summed E-state index contributed by atoms with van der Waals surface area (Å²) in [5.41, 5.74) is 0. The molecule has 0 radical (unpaired) electrons. The van der Waals surface area contributed by atoms with Gasteiger partial charge in [-0.1, -0.05) is 0 Å². The van der Waals surface area contributed by atoms with Gasteiger partial charge >= 0.3 is 0 Å². The molecule has 0 aliphatic carbocycles. The van der Waals surface area contributed by atoms with Gasteiger partial charge in [0.25, 0.3) is 0 Å². The lowest BCUT2D eigenvalue weighted by Gasteiger charge is -2.45. The molecule has 0 aromatic heterocycles. The molecule has 11 nitrogen and oxygen atoms in total. The smallest absolute Gasteiger partial charge is 0.187 e. The second-order valence-electron chi connectivity index (χ2n) is 5.53. The van der Waals surface area contributed by atoms with Crippen LogP contribution in [0.3, 0.4) is 0 Å². The van der Waals surface area contributed by atoms with Crippen molar-refractivity contribution < 1.29 is 55.1 Å². The van der Waals surface area contributed by atoms with Gasteiger partial charge in [-0.25, -0.2) is 0 Å². The lowest BCUT2D eigenvalue weighted by Crippen LogP contribution is -2.64. The van der Waals surface area contributed by atoms with Crippen molar-refractivity contribution in [2.75, 3.05) is 13.2 Å². The third kappa shape index (κ3) is 3.65. The van der Waals surface area contributed by atoms with Crippen molar-refractivity contribution in [3.8, 4) is 0 Å². The summed E-state index contributed by atoms with van der Waals surface area (Å²) in [6.07, 6.45) is -15.6. The maximum atomic E-state index is 9.94. The second kappa shape index (κ2) is 7.63. The van der Waals surface area contributed by atoms with E-state index in [-0.39, 0.29) is 0 Å². The van der Waals surface area contributed by atoms with Crippen molar-refractivity contribution in [3.63, 3.8) is 0 Å². The van der Waals surface area contributed by atoms with E-state index in [1.165, 1.54) is 0 Å². The third-order valence-corrected chi connectivity index (χ3v) is 3.98. The molecule has 2 heterocycles. The van der Waals surface area contributed by atoms with Gasteiger partial charge in [0.15, 0.2) is 12.6 Å². The summed E-state index contributed by atoms with van der Waals surface area (Å²) in [5, 5.41) is 76.5. The predicted molar refractivity (Wildman–Crippen MR) is 68.6 cm³/mol. The molecule has 136 valence electrons. The van der Waals surface area contributed by atoms with E-state index >= 15 is 0 Å². The zero-order chi connectivity index (χ0) is 17.3. The molecule has 0 spiro atoms. The standard InChI is InChI=1S/C12H22O11/c13-1-3-5(15)6(16)9(19)12(22-3)23-10-4(2-14)21-11(20)8(18)7(10)17/h3-20H,1-2H2/t3?,4?,5-,6-,7?,8+,9?,10-,11-,12-/m1/s1. The maximum absolute atomic E-state index is 9.94. The van der Waals surface area contributed by atoms with Gasteiger partial charge in [0.2, 0.25) is 0 Å². The Morgan fingerprint density at radius 1 is 0.652 bits per heavy atom. The van der Waals surface area contributed by atoms with Crippen LogP contribution < -0.4 is 0 Å². The normalized spacial score (nSPS) is 51.7. The molecule has 2 rings (SSSR count). The van der Waals surface area contributed by atoms with Gasteiger partial charge in [-0.05, 0) is 0 Å². The zero-order valence-corrected chi connectivity index (χ0v) is 12.0. The molecule has 2 fully saturated rings. The molecule has 23 heavy (non-hydrogen) atoms. The van der Waals surface area contributed by atoms with E-state index in [2.05, 4.69) is 0 Å². The van der Waals surface area contributed by atoms with Crippen molar-refractivity contribution >= 4 is 0 Å². The highest BCUT2D eigenvalue weighted by Crippen LogP contribution is 2.28. The highest BCUT2D eigenvalue weighted by Gasteiger charge is 2.50. The van der Waals surface area contributed by atoms with Crippen LogP contribution in [0.2, 0.25) is 0 Å². The first-order valence-electron chi connectivity index (χ1n) is 7.08. The quantitative estimate of drug-likeness (QED) is 0.243. The minimum Gasteiger partial charge on any atom is -0.394 e. The van der Waals surface area contributed by atoms with Gasteiger partial charge in [-0.15, -0.1) is 0 Å². The summed E-state index contributed by atoms with van der Waals surface area (Å²) in [4.78, 5) is 0. The van der Waals surface area contributed by atoms with Gasteiger partial charge in [-0.2, -0.15) is 0 Å². The molecule has 2 aliphatic rings. The summed E-state index contributed by atoms with van der Waals surface area (Å²) >= 11 is 0. The topological polar surface area (TPSA) is 190 Å². The van der Waals surface area contributed by atoms with Crippen LogP contribution in [0.1, 0.15) is 0 Å². The Balaban J connectivity index is 2.11. The molecular formula is C12H22O11. The lowest BCUT2D eigenvalue weighted by atomic mass is 9.97. The van der Waals surface area contributed by atoms with Crippen LogP contribution in [0.15, 0.2) is 0 Å². The molecule has 0 bridgehead atoms. The van der Waals surface area contributed by atoms with Crippen molar-refractivity contribution in [1.82, 2.24) is 0 Å². The number of ether oxygens (including phenoxy) is 3. The third-order valence-electron chi connectivity index (χ3n) is 3.98. The lowest BCUT2D eigenvalue weighted by molar-refractivity contribution is -0.355. The highest BCUT2D eigenvalue weighted by atomic mass is 16.7. The number of rotatable bonds is 4. The van der Waals surface area contributed by atoms with E-state index in [4.69, 9.17) is 19.3 Å². The molecule has 0 aromatic rings. The first-order chi connectivity index (χ1) is 10.8. The molecule has 2 aliphatic heterocycles. The molecule has 8 N–H and O–H groups in total. The van der Waals surface area contributed by atoms with E-state index in [1.807, 2.05) is 0 Å². The number of aliphatic hydroxyl groups excluding tert-OH is 8. The number of aliphatic hydroxyl groups is 8. The Labute approximate surface area is 130 Å². The first-order valence-corrected chi connectivity index (χ1v) is 7.08. The van der Waals surface area contributed by atoms with E-state index in [0.29, 0.717) is 0 Å². The summed E-state index contributed by atoms with van der Waals surface area (Å²) < 4.78 is 15.3. The van der Waals surface area contributed by atoms with Gasteiger partial charge in [-0.3, -0.25) is 0 Å². The Morgan fingerprint density at radius 2 is 1.26 bits per heavy atom. The minimum atomic E-state index is -1.74. The molecule has 10 atom stereocenters. The Morgan fingerprint density at radius 3 is 1.83 bits per heavy atom. The van der Waals surface area contributed by atoms with Crippen LogP contribution in [0.25, 0.3) is 0 Å². The fourth-order valence-corrected chi connectivity index (χ4v) is 2.57. The van der Waals surface area contributed by atoms with E-state index in [9.17, 15) is 35.7 Å². The first kappa shape index (κ1) is 18.9. The van der Waals surface area contributed by atoms with Crippen molar-refractivity contribution in [3.05, 3.63) is 0 Å². The molecular weight excluding hydrogens is 320 g/mol. The van der Waals surface area contributed by atoms with Crippen LogP contribution in [-0.4, -0.2) is 115 Å². The summed E-state index contributed by atoms with van der Waals surface area (Å²) in [5.74, 6) is 0. The monoisotopic (exact) mass is 342 g/mol. The van der Waals surface area contributed by atoms with Crippen molar-refractivity contribution in [2.24, 2.45) is 0 Å². The van der Waals surface area contributed by atoms with E-state index < -0.39 is 74.6 Å². The van der Waals surface area contributed by atoms with Gasteiger partial charge in [0, 0.05) is 0 Å². The largest absolute Gasteiger partial charge is 0.394 e. The van der Waals surface area contributed by atoms with Gasteiger partial charge in [0.05, 0.1) is 13.2 Å². The minimum absolute atomic E-state index is 0.667. The molecule has 0 saturated carbocycles. The maximum Gasteiger partial charge on any atom is 0.187 e. The molecule has 4 unspecified atom stereocenters. The summed E-state index contributed by atoms with van der Waals surface area (Å²) in [6, 6.07) is 0. The predicted octanol–water partition coefficient (Wildman–Crippen LogP) is -5.40. The average Bonchev–Trinajstić information content (AvgIpc) is 2.55. The highest BCUT2D eigenvalue weighted by molar-refractivity contribution is 4.93. The van der Waals surface area contributed by atoms with Crippen molar-refractivity contribution in [1.29, 1.82) is 0 Å². The average molecular weight is 342 g/mol. The SMILES string of the molecule is OCC1O[C@@H](O)[C@@H](O)C(O)[C@@H]1O[C@H]1OC(CO)[C@@H](O)[C@@H](O)C1O. The number of hydrogen-bond donors (Lipinski definition) is 8. The van der Waals surface area contributed by atoms with Crippen LogP contribution in [0.4, 0.5) is 0 Å². The van der Waals surface area contributed by atoms with Crippen molar-refractivity contribution in [2.45, 2.75) is 61.4 Å². The molecule has 0 aromatic carbocycles. The van der Waals surface area contributed by atoms with E-state index in [1.54, 1.807) is 0 Å². The number of hydrogen-bond acceptors (Lipinski definition) is 11. The van der Waals surface area contributed by atoms with Gasteiger partial charge in [0.1, 0.15) is 48.8 Å². The Bertz CT molecular complexity index is 378. The fourth-order valence-electron chi connectivity index (χ4n) is 2.57. The summed E-state index contributed by atoms with van der Waals surface area (Å²) in [6.45, 7) is -1.35. The Kier molecular flexibility index (Phi) is 6.27. The fraction of sp³-hybridized carbons (Fsp3) is 1.00. The van der Waals surface area contributed by atoms with Crippen LogP contribution >= 0.6 is 0 Å². The van der Waals surface area contributed by atoms with Gasteiger partial charge < -0.3 is 55.1 Å². The zero-order valence-electron chi connectivity index (χ0n) is 12.0. The second-order valence-corrected chi connectivity index (χ2v) is 5.53. The van der Waals surface area contributed by atoms with Crippen LogP contribution in [0.5, 0.6) is 0 Å². The molecule has 2 saturated heterocycles. The molecule has 11 heteroatoms. The molecule has 0 amide bonds. The van der Waals surface area contributed by atoms with Crippen LogP contribution in [0, 0.1) is 0 Å². The Hall–Kier alpha value is -0.440.